The summed E-state index contributed by atoms with van der Waals surface area (Å²) in [5.41, 5.74) is 1.77. The fraction of sp³-hybridized carbons (Fsp3) is 0.294. The van der Waals surface area contributed by atoms with Gasteiger partial charge in [-0.2, -0.15) is 11.3 Å². The second kappa shape index (κ2) is 7.35. The van der Waals surface area contributed by atoms with Crippen molar-refractivity contribution in [3.63, 3.8) is 0 Å². The van der Waals surface area contributed by atoms with Gasteiger partial charge in [-0.1, -0.05) is 6.07 Å². The first-order chi connectivity index (χ1) is 11.6. The van der Waals surface area contributed by atoms with Crippen LogP contribution in [0.4, 0.5) is 0 Å². The van der Waals surface area contributed by atoms with Gasteiger partial charge < -0.3 is 19.5 Å². The van der Waals surface area contributed by atoms with Gasteiger partial charge in [-0.05, 0) is 47.0 Å². The van der Waals surface area contributed by atoms with Crippen LogP contribution in [0.1, 0.15) is 18.1 Å². The van der Waals surface area contributed by atoms with Crippen LogP contribution >= 0.6 is 11.3 Å². The van der Waals surface area contributed by atoms with Crippen molar-refractivity contribution in [2.45, 2.75) is 26.0 Å². The van der Waals surface area contributed by atoms with E-state index in [4.69, 9.17) is 14.2 Å². The van der Waals surface area contributed by atoms with Gasteiger partial charge in [0.1, 0.15) is 0 Å². The van der Waals surface area contributed by atoms with Gasteiger partial charge in [0.2, 0.25) is 6.79 Å². The number of rotatable bonds is 6. The van der Waals surface area contributed by atoms with E-state index < -0.39 is 12.1 Å². The minimum absolute atomic E-state index is 0.170. The average molecular weight is 347 g/mol. The van der Waals surface area contributed by atoms with Crippen molar-refractivity contribution in [3.8, 4) is 11.5 Å². The molecular formula is C17H17NO5S. The number of hydrogen-bond acceptors (Lipinski definition) is 6. The van der Waals surface area contributed by atoms with Crippen molar-refractivity contribution in [3.05, 3.63) is 46.2 Å². The molecular weight excluding hydrogens is 330 g/mol. The Labute approximate surface area is 143 Å². The summed E-state index contributed by atoms with van der Waals surface area (Å²) in [4.78, 5) is 23.8. The number of nitrogens with one attached hydrogen (secondary N) is 1. The lowest BCUT2D eigenvalue weighted by atomic mass is 10.2. The molecule has 6 nitrogen and oxygen atoms in total. The molecule has 0 saturated carbocycles. The lowest BCUT2D eigenvalue weighted by Crippen LogP contribution is -2.35. The number of carbonyl (C=O) groups excluding carboxylic acids is 2. The molecule has 1 atom stereocenters. The molecule has 1 aliphatic heterocycles. The van der Waals surface area contributed by atoms with Gasteiger partial charge in [0.25, 0.3) is 5.91 Å². The molecule has 3 rings (SSSR count). The number of benzene rings is 1. The van der Waals surface area contributed by atoms with E-state index in [1.165, 1.54) is 11.3 Å². The van der Waals surface area contributed by atoms with Crippen LogP contribution in [0.25, 0.3) is 0 Å². The SMILES string of the molecule is C[C@@H](OC(=O)Cc1ccsc1)C(=O)NCc1ccc2c(c1)OCO2. The van der Waals surface area contributed by atoms with E-state index in [0.717, 1.165) is 11.1 Å². The Morgan fingerprint density at radius 1 is 1.25 bits per heavy atom. The summed E-state index contributed by atoms with van der Waals surface area (Å²) in [5, 5.41) is 6.52. The Kier molecular flexibility index (Phi) is 5.00. The number of fused-ring (bicyclic) bond motifs is 1. The highest BCUT2D eigenvalue weighted by Gasteiger charge is 2.18. The van der Waals surface area contributed by atoms with E-state index in [2.05, 4.69) is 5.32 Å². The molecule has 0 aliphatic carbocycles. The van der Waals surface area contributed by atoms with Gasteiger partial charge in [0.15, 0.2) is 17.6 Å². The molecule has 126 valence electrons. The van der Waals surface area contributed by atoms with E-state index >= 15 is 0 Å². The summed E-state index contributed by atoms with van der Waals surface area (Å²) >= 11 is 1.51. The van der Waals surface area contributed by atoms with E-state index in [1.807, 2.05) is 29.0 Å². The minimum atomic E-state index is -0.842. The maximum absolute atomic E-state index is 12.0. The Hall–Kier alpha value is -2.54. The summed E-state index contributed by atoms with van der Waals surface area (Å²) < 4.78 is 15.7. The maximum Gasteiger partial charge on any atom is 0.311 e. The smallest absolute Gasteiger partial charge is 0.311 e. The Morgan fingerprint density at radius 3 is 2.88 bits per heavy atom. The topological polar surface area (TPSA) is 73.9 Å². The molecule has 0 saturated heterocycles. The first-order valence-electron chi connectivity index (χ1n) is 7.48. The summed E-state index contributed by atoms with van der Waals surface area (Å²) in [6.07, 6.45) is -0.673. The first kappa shape index (κ1) is 16.3. The molecule has 2 aromatic rings. The molecule has 1 aliphatic rings. The number of hydrogen-bond donors (Lipinski definition) is 1. The van der Waals surface area contributed by atoms with E-state index in [-0.39, 0.29) is 19.1 Å². The van der Waals surface area contributed by atoms with Crippen LogP contribution in [-0.2, 0) is 27.3 Å². The third-order valence-corrected chi connectivity index (χ3v) is 4.24. The zero-order valence-corrected chi connectivity index (χ0v) is 13.9. The third-order valence-electron chi connectivity index (χ3n) is 3.51. The van der Waals surface area contributed by atoms with Crippen molar-refractivity contribution < 1.29 is 23.8 Å². The highest BCUT2D eigenvalue weighted by atomic mass is 32.1. The molecule has 0 spiro atoms. The minimum Gasteiger partial charge on any atom is -0.454 e. The highest BCUT2D eigenvalue weighted by Crippen LogP contribution is 2.32. The predicted molar refractivity (Wildman–Crippen MR) is 88.0 cm³/mol. The molecule has 0 radical (unpaired) electrons. The fourth-order valence-electron chi connectivity index (χ4n) is 2.24. The molecule has 1 aromatic heterocycles. The quantitative estimate of drug-likeness (QED) is 0.812. The van der Waals surface area contributed by atoms with Gasteiger partial charge in [0.05, 0.1) is 6.42 Å². The second-order valence-electron chi connectivity index (χ2n) is 5.35. The Morgan fingerprint density at radius 2 is 2.08 bits per heavy atom. The summed E-state index contributed by atoms with van der Waals surface area (Å²) in [5.74, 6) is 0.600. The Balaban J connectivity index is 1.46. The van der Waals surface area contributed by atoms with Crippen LogP contribution in [0.15, 0.2) is 35.0 Å². The first-order valence-corrected chi connectivity index (χ1v) is 8.43. The van der Waals surface area contributed by atoms with Gasteiger partial charge in [-0.3, -0.25) is 9.59 Å². The molecule has 1 amide bonds. The third kappa shape index (κ3) is 4.05. The standard InChI is InChI=1S/C17H17NO5S/c1-11(23-16(19)7-13-4-5-24-9-13)17(20)18-8-12-2-3-14-15(6-12)22-10-21-14/h2-6,9,11H,7-8,10H2,1H3,(H,18,20)/t11-/m1/s1. The fourth-order valence-corrected chi connectivity index (χ4v) is 2.90. The number of thiophene rings is 1. The van der Waals surface area contributed by atoms with Crippen LogP contribution in [0.5, 0.6) is 11.5 Å². The zero-order valence-electron chi connectivity index (χ0n) is 13.1. The van der Waals surface area contributed by atoms with Gasteiger partial charge in [-0.15, -0.1) is 0 Å². The highest BCUT2D eigenvalue weighted by molar-refractivity contribution is 7.07. The van der Waals surface area contributed by atoms with Crippen molar-refractivity contribution in [2.75, 3.05) is 6.79 Å². The molecule has 0 bridgehead atoms. The number of amides is 1. The molecule has 0 fully saturated rings. The van der Waals surface area contributed by atoms with Crippen molar-refractivity contribution in [1.82, 2.24) is 5.32 Å². The van der Waals surface area contributed by atoms with Crippen LogP contribution in [0.3, 0.4) is 0 Å². The summed E-state index contributed by atoms with van der Waals surface area (Å²) in [6, 6.07) is 7.32. The number of esters is 1. The van der Waals surface area contributed by atoms with E-state index in [9.17, 15) is 9.59 Å². The number of carbonyl (C=O) groups is 2. The van der Waals surface area contributed by atoms with Gasteiger partial charge in [0, 0.05) is 6.54 Å². The maximum atomic E-state index is 12.0. The van der Waals surface area contributed by atoms with Crippen molar-refractivity contribution in [1.29, 1.82) is 0 Å². The summed E-state index contributed by atoms with van der Waals surface area (Å²) in [7, 11) is 0. The van der Waals surface area contributed by atoms with Crippen LogP contribution < -0.4 is 14.8 Å². The second-order valence-corrected chi connectivity index (χ2v) is 6.13. The van der Waals surface area contributed by atoms with E-state index in [0.29, 0.717) is 18.0 Å². The lowest BCUT2D eigenvalue weighted by molar-refractivity contribution is -0.154. The molecule has 1 N–H and O–H groups in total. The lowest BCUT2D eigenvalue weighted by Gasteiger charge is -2.13. The van der Waals surface area contributed by atoms with E-state index in [1.54, 1.807) is 13.0 Å². The van der Waals surface area contributed by atoms with Crippen LogP contribution in [-0.4, -0.2) is 24.8 Å². The van der Waals surface area contributed by atoms with Crippen LogP contribution in [0.2, 0.25) is 0 Å². The molecule has 24 heavy (non-hydrogen) atoms. The largest absolute Gasteiger partial charge is 0.454 e. The van der Waals surface area contributed by atoms with Crippen LogP contribution in [0, 0.1) is 0 Å². The zero-order chi connectivity index (χ0) is 16.9. The molecule has 0 unspecified atom stereocenters. The molecule has 7 heteroatoms. The van der Waals surface area contributed by atoms with Crippen molar-refractivity contribution in [2.24, 2.45) is 0 Å². The number of ether oxygens (including phenoxy) is 3. The molecule has 2 heterocycles. The van der Waals surface area contributed by atoms with Gasteiger partial charge in [-0.25, -0.2) is 0 Å². The van der Waals surface area contributed by atoms with Gasteiger partial charge >= 0.3 is 5.97 Å². The predicted octanol–water partition coefficient (Wildman–Crippen LogP) is 2.27. The summed E-state index contributed by atoms with van der Waals surface area (Å²) in [6.45, 7) is 2.09. The molecule has 1 aromatic carbocycles. The van der Waals surface area contributed by atoms with Crippen molar-refractivity contribution >= 4 is 23.2 Å². The Bertz CT molecular complexity index is 729. The normalized spacial score (nSPS) is 13.4. The monoisotopic (exact) mass is 347 g/mol. The average Bonchev–Trinajstić information content (AvgIpc) is 3.23.